The van der Waals surface area contributed by atoms with Gasteiger partial charge in [0.25, 0.3) is 0 Å². The van der Waals surface area contributed by atoms with E-state index in [4.69, 9.17) is 11.6 Å². The van der Waals surface area contributed by atoms with Crippen LogP contribution in [0.4, 0.5) is 0 Å². The third-order valence-electron chi connectivity index (χ3n) is 5.30. The normalized spacial score (nSPS) is 11.6. The summed E-state index contributed by atoms with van der Waals surface area (Å²) in [5.74, 6) is 0.794. The van der Waals surface area contributed by atoms with Gasteiger partial charge in [0.1, 0.15) is 6.04 Å². The zero-order valence-corrected chi connectivity index (χ0v) is 22.2. The van der Waals surface area contributed by atoms with Gasteiger partial charge in [0.05, 0.1) is 5.75 Å². The molecular weight excluding hydrogens is 532 g/mol. The van der Waals surface area contributed by atoms with Crippen molar-refractivity contribution in [2.45, 2.75) is 31.7 Å². The Balaban J connectivity index is 1.81. The summed E-state index contributed by atoms with van der Waals surface area (Å²) >= 11 is 11.1. The summed E-state index contributed by atoms with van der Waals surface area (Å²) in [5, 5.41) is 3.55. The van der Waals surface area contributed by atoms with Crippen LogP contribution in [0.3, 0.4) is 0 Å². The lowest BCUT2D eigenvalue weighted by Crippen LogP contribution is -2.51. The second-order valence-electron chi connectivity index (χ2n) is 7.87. The molecule has 0 radical (unpaired) electrons. The highest BCUT2D eigenvalue weighted by Gasteiger charge is 2.30. The first-order valence-corrected chi connectivity index (χ1v) is 13.5. The summed E-state index contributed by atoms with van der Waals surface area (Å²) in [5.41, 5.74) is 3.09. The van der Waals surface area contributed by atoms with Gasteiger partial charge in [-0.1, -0.05) is 82.1 Å². The van der Waals surface area contributed by atoms with E-state index in [1.807, 2.05) is 73.7 Å². The number of thioether (sulfide) groups is 1. The quantitative estimate of drug-likeness (QED) is 0.308. The van der Waals surface area contributed by atoms with E-state index in [2.05, 4.69) is 21.2 Å². The molecule has 4 nitrogen and oxygen atoms in total. The minimum Gasteiger partial charge on any atom is -0.355 e. The van der Waals surface area contributed by atoms with Crippen LogP contribution < -0.4 is 5.32 Å². The van der Waals surface area contributed by atoms with E-state index in [1.165, 1.54) is 0 Å². The summed E-state index contributed by atoms with van der Waals surface area (Å²) in [6, 6.07) is 24.7. The van der Waals surface area contributed by atoms with Crippen molar-refractivity contribution in [3.63, 3.8) is 0 Å². The Morgan fingerprint density at radius 1 is 0.941 bits per heavy atom. The number of amides is 2. The number of nitrogens with zero attached hydrogens (tertiary/aromatic N) is 1. The van der Waals surface area contributed by atoms with Crippen LogP contribution in [0.5, 0.6) is 0 Å². The van der Waals surface area contributed by atoms with Crippen LogP contribution in [-0.2, 0) is 28.3 Å². The van der Waals surface area contributed by atoms with Crippen molar-refractivity contribution in [2.75, 3.05) is 12.3 Å². The second-order valence-corrected chi connectivity index (χ2v) is 10.2. The number of carbonyl (C=O) groups is 2. The Morgan fingerprint density at radius 2 is 1.59 bits per heavy atom. The standard InChI is InChI=1S/C27H28BrClN2O2S/c1-2-30-27(33)25(16-20-6-4-3-5-7-20)31(17-21-10-14-24(29)15-11-21)26(32)19-34-18-22-8-12-23(28)13-9-22/h3-15,25H,2,16-19H2,1H3,(H,30,33). The number of hydrogen-bond acceptors (Lipinski definition) is 3. The first-order valence-electron chi connectivity index (χ1n) is 11.1. The monoisotopic (exact) mass is 558 g/mol. The van der Waals surface area contributed by atoms with Gasteiger partial charge in [-0.05, 0) is 47.9 Å². The van der Waals surface area contributed by atoms with Crippen LogP contribution in [0.2, 0.25) is 5.02 Å². The fraction of sp³-hybridized carbons (Fsp3) is 0.259. The van der Waals surface area contributed by atoms with E-state index < -0.39 is 6.04 Å². The summed E-state index contributed by atoms with van der Waals surface area (Å²) < 4.78 is 1.03. The lowest BCUT2D eigenvalue weighted by molar-refractivity contribution is -0.139. The van der Waals surface area contributed by atoms with Crippen molar-refractivity contribution >= 4 is 51.1 Å². The van der Waals surface area contributed by atoms with E-state index in [0.717, 1.165) is 26.9 Å². The smallest absolute Gasteiger partial charge is 0.243 e. The lowest BCUT2D eigenvalue weighted by atomic mass is 10.0. The molecule has 3 rings (SSSR count). The third kappa shape index (κ3) is 8.19. The van der Waals surface area contributed by atoms with Crippen LogP contribution in [0.25, 0.3) is 0 Å². The predicted octanol–water partition coefficient (Wildman–Crippen LogP) is 6.11. The van der Waals surface area contributed by atoms with Crippen molar-refractivity contribution in [2.24, 2.45) is 0 Å². The summed E-state index contributed by atoms with van der Waals surface area (Å²) in [6.07, 6.45) is 0.448. The lowest BCUT2D eigenvalue weighted by Gasteiger charge is -2.31. The Labute approximate surface area is 219 Å². The molecule has 0 heterocycles. The highest BCUT2D eigenvalue weighted by Crippen LogP contribution is 2.20. The highest BCUT2D eigenvalue weighted by molar-refractivity contribution is 9.10. The molecule has 0 saturated heterocycles. The maximum absolute atomic E-state index is 13.5. The fourth-order valence-electron chi connectivity index (χ4n) is 3.55. The van der Waals surface area contributed by atoms with E-state index in [1.54, 1.807) is 28.8 Å². The van der Waals surface area contributed by atoms with Crippen molar-refractivity contribution in [3.05, 3.63) is 105 Å². The summed E-state index contributed by atoms with van der Waals surface area (Å²) in [4.78, 5) is 28.3. The molecule has 0 saturated carbocycles. The van der Waals surface area contributed by atoms with Gasteiger partial charge in [-0.15, -0.1) is 11.8 Å². The number of hydrogen-bond donors (Lipinski definition) is 1. The molecule has 1 N–H and O–H groups in total. The van der Waals surface area contributed by atoms with E-state index in [0.29, 0.717) is 24.5 Å². The molecule has 0 aliphatic heterocycles. The van der Waals surface area contributed by atoms with Crippen LogP contribution >= 0.6 is 39.3 Å². The molecule has 0 bridgehead atoms. The van der Waals surface area contributed by atoms with E-state index in [9.17, 15) is 9.59 Å². The Morgan fingerprint density at radius 3 is 2.24 bits per heavy atom. The fourth-order valence-corrected chi connectivity index (χ4v) is 4.81. The molecule has 178 valence electrons. The van der Waals surface area contributed by atoms with Crippen LogP contribution in [0.15, 0.2) is 83.3 Å². The molecule has 1 unspecified atom stereocenters. The Bertz CT molecular complexity index is 1060. The van der Waals surface area contributed by atoms with Gasteiger partial charge in [0.2, 0.25) is 11.8 Å². The minimum atomic E-state index is -0.612. The van der Waals surface area contributed by atoms with Gasteiger partial charge in [-0.2, -0.15) is 0 Å². The van der Waals surface area contributed by atoms with Gasteiger partial charge in [-0.3, -0.25) is 9.59 Å². The number of halogens is 2. The molecule has 34 heavy (non-hydrogen) atoms. The zero-order valence-electron chi connectivity index (χ0n) is 19.0. The van der Waals surface area contributed by atoms with Crippen molar-refractivity contribution in [1.29, 1.82) is 0 Å². The average Bonchev–Trinajstić information content (AvgIpc) is 2.84. The van der Waals surface area contributed by atoms with E-state index >= 15 is 0 Å². The zero-order chi connectivity index (χ0) is 24.3. The average molecular weight is 560 g/mol. The summed E-state index contributed by atoms with van der Waals surface area (Å²) in [7, 11) is 0. The molecule has 1 atom stereocenters. The maximum atomic E-state index is 13.5. The number of benzene rings is 3. The maximum Gasteiger partial charge on any atom is 0.243 e. The van der Waals surface area contributed by atoms with Gasteiger partial charge < -0.3 is 10.2 Å². The SMILES string of the molecule is CCNC(=O)C(Cc1ccccc1)N(Cc1ccc(Cl)cc1)C(=O)CSCc1ccc(Br)cc1. The van der Waals surface area contributed by atoms with E-state index in [-0.39, 0.29) is 17.6 Å². The molecule has 0 aromatic heterocycles. The Kier molecular flexibility index (Phi) is 10.5. The minimum absolute atomic E-state index is 0.0655. The molecule has 3 aromatic carbocycles. The van der Waals surface area contributed by atoms with Gasteiger partial charge in [0.15, 0.2) is 0 Å². The highest BCUT2D eigenvalue weighted by atomic mass is 79.9. The first-order chi connectivity index (χ1) is 16.5. The molecule has 0 aliphatic carbocycles. The third-order valence-corrected chi connectivity index (χ3v) is 7.06. The number of likely N-dealkylation sites (N-methyl/N-ethyl adjacent to an activating group) is 1. The van der Waals surface area contributed by atoms with Crippen LogP contribution in [0.1, 0.15) is 23.6 Å². The van der Waals surface area contributed by atoms with Gasteiger partial charge >= 0.3 is 0 Å². The van der Waals surface area contributed by atoms with Crippen molar-refractivity contribution < 1.29 is 9.59 Å². The number of rotatable bonds is 11. The molecular formula is C27H28BrClN2O2S. The number of carbonyl (C=O) groups excluding carboxylic acids is 2. The molecule has 3 aromatic rings. The molecule has 2 amide bonds. The first kappa shape index (κ1) is 26.3. The van der Waals surface area contributed by atoms with Crippen LogP contribution in [0, 0.1) is 0 Å². The predicted molar refractivity (Wildman–Crippen MR) is 145 cm³/mol. The topological polar surface area (TPSA) is 49.4 Å². The van der Waals surface area contributed by atoms with Crippen LogP contribution in [-0.4, -0.2) is 35.1 Å². The van der Waals surface area contributed by atoms with Gasteiger partial charge in [-0.25, -0.2) is 0 Å². The molecule has 0 fully saturated rings. The van der Waals surface area contributed by atoms with Crippen molar-refractivity contribution in [3.8, 4) is 0 Å². The molecule has 0 spiro atoms. The van der Waals surface area contributed by atoms with Crippen molar-refractivity contribution in [1.82, 2.24) is 10.2 Å². The Hall–Kier alpha value is -2.28. The largest absolute Gasteiger partial charge is 0.355 e. The molecule has 7 heteroatoms. The summed E-state index contributed by atoms with van der Waals surface area (Å²) in [6.45, 7) is 2.73. The van der Waals surface area contributed by atoms with Gasteiger partial charge in [0, 0.05) is 34.8 Å². The second kappa shape index (κ2) is 13.6. The number of nitrogens with one attached hydrogen (secondary N) is 1. The molecule has 0 aliphatic rings.